The maximum atomic E-state index is 12.8. The molecule has 0 aliphatic carbocycles. The van der Waals surface area contributed by atoms with E-state index in [0.29, 0.717) is 21.4 Å². The Morgan fingerprint density at radius 3 is 2.66 bits per heavy atom. The number of anilines is 1. The van der Waals surface area contributed by atoms with Crippen LogP contribution in [0.25, 0.3) is 0 Å². The van der Waals surface area contributed by atoms with Crippen molar-refractivity contribution in [2.45, 2.75) is 39.8 Å². The second-order valence-electron chi connectivity index (χ2n) is 7.52. The van der Waals surface area contributed by atoms with E-state index in [-0.39, 0.29) is 43.4 Å². The number of hydrogen-bond donors (Lipinski definition) is 1. The molecule has 9 heteroatoms. The van der Waals surface area contributed by atoms with Crippen LogP contribution in [0.4, 0.5) is 5.69 Å². The van der Waals surface area contributed by atoms with Crippen molar-refractivity contribution in [3.63, 3.8) is 0 Å². The molecule has 154 valence electrons. The van der Waals surface area contributed by atoms with Gasteiger partial charge in [0.15, 0.2) is 0 Å². The Morgan fingerprint density at radius 2 is 2.00 bits per heavy atom. The van der Waals surface area contributed by atoms with Crippen LogP contribution in [0.1, 0.15) is 32.9 Å². The van der Waals surface area contributed by atoms with Crippen LogP contribution in [0, 0.1) is 5.41 Å². The lowest BCUT2D eigenvalue weighted by Gasteiger charge is -2.23. The van der Waals surface area contributed by atoms with Gasteiger partial charge in [0.2, 0.25) is 11.8 Å². The Hall–Kier alpha value is -2.38. The number of carbonyl (C=O) groups excluding carboxylic acids is 2. The molecule has 1 aromatic heterocycles. The van der Waals surface area contributed by atoms with Crippen molar-refractivity contribution in [3.05, 3.63) is 46.2 Å². The van der Waals surface area contributed by atoms with Crippen molar-refractivity contribution >= 4 is 40.7 Å². The lowest BCUT2D eigenvalue weighted by Crippen LogP contribution is -2.40. The van der Waals surface area contributed by atoms with Crippen molar-refractivity contribution in [1.29, 1.82) is 0 Å². The number of aromatic nitrogens is 2. The normalized spacial score (nSPS) is 19.0. The molecule has 1 saturated heterocycles. The maximum absolute atomic E-state index is 12.8. The number of hydrogen-bond acceptors (Lipinski definition) is 5. The van der Waals surface area contributed by atoms with Crippen LogP contribution < -0.4 is 15.0 Å². The van der Waals surface area contributed by atoms with Gasteiger partial charge in [-0.1, -0.05) is 23.2 Å². The first-order chi connectivity index (χ1) is 13.7. The molecule has 7 nitrogen and oxygen atoms in total. The minimum atomic E-state index is -0.879. The summed E-state index contributed by atoms with van der Waals surface area (Å²) in [6.07, 6.45) is 1.63. The molecule has 1 aromatic carbocycles. The van der Waals surface area contributed by atoms with Gasteiger partial charge in [-0.05, 0) is 45.0 Å². The van der Waals surface area contributed by atoms with E-state index in [2.05, 4.69) is 15.3 Å². The summed E-state index contributed by atoms with van der Waals surface area (Å²) in [7, 11) is 0. The molecule has 1 aliphatic rings. The van der Waals surface area contributed by atoms with E-state index in [1.54, 1.807) is 37.4 Å². The van der Waals surface area contributed by atoms with Gasteiger partial charge in [-0.2, -0.15) is 4.98 Å². The van der Waals surface area contributed by atoms with Crippen molar-refractivity contribution < 1.29 is 14.3 Å². The molecule has 0 radical (unpaired) electrons. The van der Waals surface area contributed by atoms with Crippen LogP contribution in [0.3, 0.4) is 0 Å². The highest BCUT2D eigenvalue weighted by Crippen LogP contribution is 2.36. The van der Waals surface area contributed by atoms with E-state index in [9.17, 15) is 9.59 Å². The minimum absolute atomic E-state index is 0.0470. The summed E-state index contributed by atoms with van der Waals surface area (Å²) in [5.74, 6) is -0.387. The summed E-state index contributed by atoms with van der Waals surface area (Å²) in [6.45, 7) is 5.98. The average molecular weight is 437 g/mol. The summed E-state index contributed by atoms with van der Waals surface area (Å²) in [4.78, 5) is 35.3. The second kappa shape index (κ2) is 8.55. The fraction of sp³-hybridized carbons (Fsp3) is 0.400. The topological polar surface area (TPSA) is 84.4 Å². The summed E-state index contributed by atoms with van der Waals surface area (Å²) >= 11 is 12.1. The molecule has 0 spiro atoms. The Kier molecular flexibility index (Phi) is 6.29. The summed E-state index contributed by atoms with van der Waals surface area (Å²) in [6, 6.07) is 6.88. The van der Waals surface area contributed by atoms with Gasteiger partial charge in [0.05, 0.1) is 23.8 Å². The highest BCUT2D eigenvalue weighted by molar-refractivity contribution is 6.35. The lowest BCUT2D eigenvalue weighted by molar-refractivity contribution is -0.131. The van der Waals surface area contributed by atoms with E-state index in [1.165, 1.54) is 4.90 Å². The predicted octanol–water partition coefficient (Wildman–Crippen LogP) is 3.63. The largest absolute Gasteiger partial charge is 0.461 e. The molecule has 29 heavy (non-hydrogen) atoms. The van der Waals surface area contributed by atoms with Gasteiger partial charge in [-0.3, -0.25) is 9.59 Å². The molecule has 0 bridgehead atoms. The molecule has 2 amide bonds. The van der Waals surface area contributed by atoms with Crippen molar-refractivity contribution in [2.24, 2.45) is 5.41 Å². The smallest absolute Gasteiger partial charge is 0.316 e. The molecule has 1 aliphatic heterocycles. The number of nitrogens with zero attached hydrogens (tertiary/aromatic N) is 3. The third kappa shape index (κ3) is 5.16. The van der Waals surface area contributed by atoms with Gasteiger partial charge in [0.1, 0.15) is 0 Å². The third-order valence-corrected chi connectivity index (χ3v) is 4.96. The van der Waals surface area contributed by atoms with E-state index in [4.69, 9.17) is 27.9 Å². The fourth-order valence-corrected chi connectivity index (χ4v) is 3.65. The van der Waals surface area contributed by atoms with Crippen LogP contribution in [0.15, 0.2) is 30.5 Å². The van der Waals surface area contributed by atoms with Crippen LogP contribution in [0.2, 0.25) is 10.0 Å². The molecule has 0 saturated carbocycles. The molecular weight excluding hydrogens is 415 g/mol. The standard InChI is InChI=1S/C20H22Cl2N4O3/c1-12(2)29-19-23-5-4-15(25-19)10-24-18(28)20(3)9-17(27)26(11-20)16-7-13(21)6-14(22)8-16/h4-8,12H,9-11H2,1-3H3,(H,24,28). The zero-order chi connectivity index (χ0) is 21.2. The van der Waals surface area contributed by atoms with Crippen LogP contribution in [0.5, 0.6) is 6.01 Å². The number of halogens is 2. The van der Waals surface area contributed by atoms with Gasteiger partial charge in [0, 0.05) is 34.9 Å². The van der Waals surface area contributed by atoms with Gasteiger partial charge < -0.3 is 15.0 Å². The Balaban J connectivity index is 1.67. The molecule has 1 N–H and O–H groups in total. The quantitative estimate of drug-likeness (QED) is 0.746. The van der Waals surface area contributed by atoms with E-state index >= 15 is 0 Å². The number of rotatable bonds is 6. The van der Waals surface area contributed by atoms with Gasteiger partial charge in [-0.15, -0.1) is 0 Å². The summed E-state index contributed by atoms with van der Waals surface area (Å²) < 4.78 is 5.47. The highest BCUT2D eigenvalue weighted by Gasteiger charge is 2.45. The van der Waals surface area contributed by atoms with Crippen molar-refractivity contribution in [3.8, 4) is 6.01 Å². The molecular formula is C20H22Cl2N4O3. The minimum Gasteiger partial charge on any atom is -0.461 e. The number of amides is 2. The molecule has 3 rings (SSSR count). The first kappa shape index (κ1) is 21.3. The molecule has 1 fully saturated rings. The van der Waals surface area contributed by atoms with Crippen LogP contribution in [-0.4, -0.2) is 34.4 Å². The molecule has 1 unspecified atom stereocenters. The van der Waals surface area contributed by atoms with Crippen molar-refractivity contribution in [2.75, 3.05) is 11.4 Å². The Labute approximate surface area is 179 Å². The first-order valence-corrected chi connectivity index (χ1v) is 9.95. The zero-order valence-corrected chi connectivity index (χ0v) is 17.9. The monoisotopic (exact) mass is 436 g/mol. The van der Waals surface area contributed by atoms with Gasteiger partial charge in [0.25, 0.3) is 0 Å². The number of benzene rings is 1. The first-order valence-electron chi connectivity index (χ1n) is 9.20. The summed E-state index contributed by atoms with van der Waals surface area (Å²) in [5.41, 5.74) is 0.321. The van der Waals surface area contributed by atoms with Gasteiger partial charge in [-0.25, -0.2) is 4.98 Å². The Morgan fingerprint density at radius 1 is 1.31 bits per heavy atom. The average Bonchev–Trinajstić information content (AvgIpc) is 2.94. The van der Waals surface area contributed by atoms with Crippen molar-refractivity contribution in [1.82, 2.24) is 15.3 Å². The second-order valence-corrected chi connectivity index (χ2v) is 8.40. The highest BCUT2D eigenvalue weighted by atomic mass is 35.5. The van der Waals surface area contributed by atoms with E-state index in [0.717, 1.165) is 0 Å². The molecule has 1 atom stereocenters. The molecule has 2 aromatic rings. The van der Waals surface area contributed by atoms with E-state index in [1.807, 2.05) is 13.8 Å². The SMILES string of the molecule is CC(C)Oc1nccc(CNC(=O)C2(C)CC(=O)N(c3cc(Cl)cc(Cl)c3)C2)n1. The maximum Gasteiger partial charge on any atom is 0.316 e. The zero-order valence-electron chi connectivity index (χ0n) is 16.4. The number of ether oxygens (including phenoxy) is 1. The number of carbonyl (C=O) groups is 2. The fourth-order valence-electron chi connectivity index (χ4n) is 3.13. The van der Waals surface area contributed by atoms with Crippen LogP contribution in [-0.2, 0) is 16.1 Å². The molecule has 2 heterocycles. The van der Waals surface area contributed by atoms with Gasteiger partial charge >= 0.3 is 6.01 Å². The lowest BCUT2D eigenvalue weighted by atomic mass is 9.88. The predicted molar refractivity (Wildman–Crippen MR) is 111 cm³/mol. The third-order valence-electron chi connectivity index (χ3n) is 4.52. The van der Waals surface area contributed by atoms with Crippen LogP contribution >= 0.6 is 23.2 Å². The summed E-state index contributed by atoms with van der Waals surface area (Å²) in [5, 5.41) is 3.73. The number of nitrogens with one attached hydrogen (secondary N) is 1. The Bertz CT molecular complexity index is 917. The van der Waals surface area contributed by atoms with E-state index < -0.39 is 5.41 Å².